The van der Waals surface area contributed by atoms with Gasteiger partial charge in [-0.1, -0.05) is 12.1 Å². The summed E-state index contributed by atoms with van der Waals surface area (Å²) in [7, 11) is 4.17. The monoisotopic (exact) mass is 272 g/mol. The maximum Gasteiger partial charge on any atom is 0.106 e. The summed E-state index contributed by atoms with van der Waals surface area (Å²) in [5.41, 5.74) is 3.68. The second kappa shape index (κ2) is 6.14. The van der Waals surface area contributed by atoms with Gasteiger partial charge in [-0.15, -0.1) is 0 Å². The number of anilines is 1. The Labute approximate surface area is 121 Å². The summed E-state index contributed by atoms with van der Waals surface area (Å²) >= 11 is 0. The summed E-state index contributed by atoms with van der Waals surface area (Å²) in [6.07, 6.45) is 0. The molecule has 0 saturated heterocycles. The van der Waals surface area contributed by atoms with Crippen LogP contribution in [0, 0.1) is 13.8 Å². The highest BCUT2D eigenvalue weighted by atomic mass is 16.3. The molecule has 0 spiro atoms. The van der Waals surface area contributed by atoms with Crippen LogP contribution in [0.5, 0.6) is 0 Å². The van der Waals surface area contributed by atoms with E-state index >= 15 is 0 Å². The van der Waals surface area contributed by atoms with Crippen LogP contribution in [0.25, 0.3) is 0 Å². The molecule has 0 saturated carbocycles. The topological polar surface area (TPSA) is 28.4 Å². The zero-order valence-electron chi connectivity index (χ0n) is 13.0. The van der Waals surface area contributed by atoms with Crippen LogP contribution >= 0.6 is 0 Å². The molecular weight excluding hydrogens is 248 g/mol. The molecule has 1 atom stereocenters. The minimum absolute atomic E-state index is 0.238. The molecule has 0 bridgehead atoms. The third kappa shape index (κ3) is 3.64. The molecule has 0 amide bonds. The molecule has 20 heavy (non-hydrogen) atoms. The first-order valence-electron chi connectivity index (χ1n) is 7.03. The van der Waals surface area contributed by atoms with Crippen LogP contribution in [0.4, 0.5) is 5.69 Å². The SMILES string of the molecule is Cc1cc(C(C)Nc2cccc(CN(C)C)c2)c(C)o1. The van der Waals surface area contributed by atoms with E-state index in [0.717, 1.165) is 23.8 Å². The zero-order chi connectivity index (χ0) is 14.7. The molecule has 0 radical (unpaired) electrons. The third-order valence-electron chi connectivity index (χ3n) is 3.35. The Kier molecular flexibility index (Phi) is 4.50. The summed E-state index contributed by atoms with van der Waals surface area (Å²) in [5.74, 6) is 1.96. The van der Waals surface area contributed by atoms with Crippen LogP contribution in [-0.2, 0) is 6.54 Å². The van der Waals surface area contributed by atoms with Crippen molar-refractivity contribution in [2.75, 3.05) is 19.4 Å². The van der Waals surface area contributed by atoms with Crippen LogP contribution in [0.1, 0.15) is 35.6 Å². The Morgan fingerprint density at radius 1 is 1.20 bits per heavy atom. The number of benzene rings is 1. The van der Waals surface area contributed by atoms with Gasteiger partial charge in [0.05, 0.1) is 6.04 Å². The summed E-state index contributed by atoms with van der Waals surface area (Å²) in [4.78, 5) is 2.17. The second-order valence-corrected chi connectivity index (χ2v) is 5.67. The number of rotatable bonds is 5. The van der Waals surface area contributed by atoms with Crippen LogP contribution in [0.15, 0.2) is 34.7 Å². The van der Waals surface area contributed by atoms with Crippen molar-refractivity contribution >= 4 is 5.69 Å². The van der Waals surface area contributed by atoms with E-state index in [1.807, 2.05) is 13.8 Å². The molecule has 1 heterocycles. The zero-order valence-corrected chi connectivity index (χ0v) is 13.0. The van der Waals surface area contributed by atoms with E-state index in [2.05, 4.69) is 61.6 Å². The molecule has 2 aromatic rings. The highest BCUT2D eigenvalue weighted by Crippen LogP contribution is 2.25. The normalized spacial score (nSPS) is 12.7. The highest BCUT2D eigenvalue weighted by molar-refractivity contribution is 5.48. The lowest BCUT2D eigenvalue weighted by molar-refractivity contribution is 0.402. The molecule has 1 aromatic carbocycles. The summed E-state index contributed by atoms with van der Waals surface area (Å²) < 4.78 is 5.60. The Balaban J connectivity index is 2.11. The Morgan fingerprint density at radius 2 is 1.95 bits per heavy atom. The van der Waals surface area contributed by atoms with E-state index in [-0.39, 0.29) is 6.04 Å². The number of hydrogen-bond donors (Lipinski definition) is 1. The largest absolute Gasteiger partial charge is 0.466 e. The van der Waals surface area contributed by atoms with Gasteiger partial charge in [-0.25, -0.2) is 0 Å². The number of aryl methyl sites for hydroxylation is 2. The van der Waals surface area contributed by atoms with Gasteiger partial charge in [0, 0.05) is 17.8 Å². The first-order valence-corrected chi connectivity index (χ1v) is 7.03. The van der Waals surface area contributed by atoms with E-state index < -0.39 is 0 Å². The van der Waals surface area contributed by atoms with Crippen LogP contribution in [-0.4, -0.2) is 19.0 Å². The fraction of sp³-hybridized carbons (Fsp3) is 0.412. The average Bonchev–Trinajstić information content (AvgIpc) is 2.68. The van der Waals surface area contributed by atoms with Crippen molar-refractivity contribution in [3.63, 3.8) is 0 Å². The first kappa shape index (κ1) is 14.7. The van der Waals surface area contributed by atoms with Gasteiger partial charge in [-0.2, -0.15) is 0 Å². The third-order valence-corrected chi connectivity index (χ3v) is 3.35. The molecule has 3 nitrogen and oxygen atoms in total. The summed E-state index contributed by atoms with van der Waals surface area (Å²) in [6, 6.07) is 10.9. The number of furan rings is 1. The van der Waals surface area contributed by atoms with Crippen LogP contribution in [0.2, 0.25) is 0 Å². The summed E-state index contributed by atoms with van der Waals surface area (Å²) in [6.45, 7) is 7.12. The van der Waals surface area contributed by atoms with Crippen molar-refractivity contribution in [1.29, 1.82) is 0 Å². The van der Waals surface area contributed by atoms with Crippen molar-refractivity contribution in [3.8, 4) is 0 Å². The fourth-order valence-corrected chi connectivity index (χ4v) is 2.53. The second-order valence-electron chi connectivity index (χ2n) is 5.67. The smallest absolute Gasteiger partial charge is 0.106 e. The van der Waals surface area contributed by atoms with Gasteiger partial charge in [0.1, 0.15) is 11.5 Å². The highest BCUT2D eigenvalue weighted by Gasteiger charge is 2.12. The maximum absolute atomic E-state index is 5.60. The molecule has 108 valence electrons. The van der Waals surface area contributed by atoms with E-state index in [0.29, 0.717) is 0 Å². The quantitative estimate of drug-likeness (QED) is 0.887. The van der Waals surface area contributed by atoms with Crippen LogP contribution < -0.4 is 5.32 Å². The van der Waals surface area contributed by atoms with E-state index in [1.165, 1.54) is 11.1 Å². The van der Waals surface area contributed by atoms with E-state index in [1.54, 1.807) is 0 Å². The Hall–Kier alpha value is -1.74. The van der Waals surface area contributed by atoms with Crippen molar-refractivity contribution < 1.29 is 4.42 Å². The van der Waals surface area contributed by atoms with Crippen molar-refractivity contribution in [3.05, 3.63) is 53.0 Å². The first-order chi connectivity index (χ1) is 9.45. The lowest BCUT2D eigenvalue weighted by atomic mass is 10.1. The standard InChI is InChI=1S/C17H24N2O/c1-12-9-17(14(3)20-12)13(2)18-16-8-6-7-15(10-16)11-19(4)5/h6-10,13,18H,11H2,1-5H3. The minimum atomic E-state index is 0.238. The number of hydrogen-bond acceptors (Lipinski definition) is 3. The molecule has 0 fully saturated rings. The van der Waals surface area contributed by atoms with Crippen molar-refractivity contribution in [2.24, 2.45) is 0 Å². The fourth-order valence-electron chi connectivity index (χ4n) is 2.53. The number of nitrogens with zero attached hydrogens (tertiary/aromatic N) is 1. The van der Waals surface area contributed by atoms with E-state index in [9.17, 15) is 0 Å². The molecule has 1 N–H and O–H groups in total. The predicted molar refractivity (Wildman–Crippen MR) is 84.1 cm³/mol. The summed E-state index contributed by atoms with van der Waals surface area (Å²) in [5, 5.41) is 3.55. The lowest BCUT2D eigenvalue weighted by Gasteiger charge is -2.16. The molecular formula is C17H24N2O. The van der Waals surface area contributed by atoms with E-state index in [4.69, 9.17) is 4.42 Å². The molecule has 2 rings (SSSR count). The average molecular weight is 272 g/mol. The molecule has 0 aliphatic rings. The minimum Gasteiger partial charge on any atom is -0.466 e. The van der Waals surface area contributed by atoms with Gasteiger partial charge in [-0.3, -0.25) is 0 Å². The van der Waals surface area contributed by atoms with Gasteiger partial charge >= 0.3 is 0 Å². The molecule has 0 aliphatic carbocycles. The van der Waals surface area contributed by atoms with Crippen molar-refractivity contribution in [2.45, 2.75) is 33.4 Å². The molecule has 1 aromatic heterocycles. The molecule has 1 unspecified atom stereocenters. The molecule has 3 heteroatoms. The lowest BCUT2D eigenvalue weighted by Crippen LogP contribution is -2.11. The Bertz CT molecular complexity index is 572. The van der Waals surface area contributed by atoms with Gasteiger partial charge in [-0.05, 0) is 58.6 Å². The Morgan fingerprint density at radius 3 is 2.55 bits per heavy atom. The number of nitrogens with one attached hydrogen (secondary N) is 1. The van der Waals surface area contributed by atoms with Crippen molar-refractivity contribution in [1.82, 2.24) is 4.90 Å². The maximum atomic E-state index is 5.60. The van der Waals surface area contributed by atoms with Crippen LogP contribution in [0.3, 0.4) is 0 Å². The predicted octanol–water partition coefficient (Wildman–Crippen LogP) is 4.13. The van der Waals surface area contributed by atoms with Gasteiger partial charge in [0.2, 0.25) is 0 Å². The van der Waals surface area contributed by atoms with Gasteiger partial charge in [0.25, 0.3) is 0 Å². The van der Waals surface area contributed by atoms with Gasteiger partial charge < -0.3 is 14.6 Å². The van der Waals surface area contributed by atoms with Gasteiger partial charge in [0.15, 0.2) is 0 Å². The molecule has 0 aliphatic heterocycles.